The number of carbonyl (C=O) groups is 1. The van der Waals surface area contributed by atoms with Gasteiger partial charge in [0, 0.05) is 12.5 Å². The Balaban J connectivity index is 1.84. The van der Waals surface area contributed by atoms with E-state index in [0.717, 1.165) is 16.7 Å². The van der Waals surface area contributed by atoms with Crippen LogP contribution in [0.2, 0.25) is 0 Å². The fourth-order valence-corrected chi connectivity index (χ4v) is 4.80. The minimum atomic E-state index is -3.65. The summed E-state index contributed by atoms with van der Waals surface area (Å²) in [5.74, 6) is -0.160. The summed E-state index contributed by atoms with van der Waals surface area (Å²) in [6.07, 6.45) is 0.436. The summed E-state index contributed by atoms with van der Waals surface area (Å²) >= 11 is 0. The van der Waals surface area contributed by atoms with E-state index in [4.69, 9.17) is 9.92 Å². The molecule has 7 heteroatoms. The number of urea groups is 1. The topological polar surface area (TPSA) is 89.7 Å². The first-order valence-electron chi connectivity index (χ1n) is 9.50. The fourth-order valence-electron chi connectivity index (χ4n) is 3.64. The summed E-state index contributed by atoms with van der Waals surface area (Å²) in [6.45, 7) is 2.44. The van der Waals surface area contributed by atoms with Gasteiger partial charge in [-0.2, -0.15) is 8.42 Å². The zero-order valence-electron chi connectivity index (χ0n) is 16.0. The van der Waals surface area contributed by atoms with Crippen molar-refractivity contribution in [3.63, 3.8) is 0 Å². The highest BCUT2D eigenvalue weighted by Crippen LogP contribution is 2.33. The third kappa shape index (κ3) is 4.91. The number of likely N-dealkylation sites (tertiary alicyclic amines) is 1. The van der Waals surface area contributed by atoms with Gasteiger partial charge >= 0.3 is 6.03 Å². The van der Waals surface area contributed by atoms with Crippen LogP contribution in [0.4, 0.5) is 4.79 Å². The number of nitrogens with zero attached hydrogens (tertiary/aromatic N) is 1. The van der Waals surface area contributed by atoms with Crippen molar-refractivity contribution in [1.82, 2.24) is 4.90 Å². The van der Waals surface area contributed by atoms with Gasteiger partial charge < -0.3 is 10.6 Å². The van der Waals surface area contributed by atoms with Crippen LogP contribution >= 0.6 is 0 Å². The predicted molar refractivity (Wildman–Crippen MR) is 109 cm³/mol. The third-order valence-corrected chi connectivity index (χ3v) is 6.49. The largest absolute Gasteiger partial charge is 0.351 e. The standard InChI is InChI=1S/C21H26N2O4S/c1-2-14-28(25,26)27-20-15-23(21(22)24)13-12-19(20)18-10-8-17(9-11-18)16-6-4-3-5-7-16/h3-11,19-20H,2,12-15H2,1H3,(H2,22,24). The Morgan fingerprint density at radius 3 is 2.36 bits per heavy atom. The number of piperidine rings is 1. The second kappa shape index (κ2) is 8.75. The predicted octanol–water partition coefficient (Wildman–Crippen LogP) is 3.35. The van der Waals surface area contributed by atoms with Crippen molar-refractivity contribution in [3.8, 4) is 11.1 Å². The van der Waals surface area contributed by atoms with Crippen LogP contribution in [0, 0.1) is 0 Å². The van der Waals surface area contributed by atoms with Gasteiger partial charge in [-0.25, -0.2) is 4.79 Å². The van der Waals surface area contributed by atoms with Crippen molar-refractivity contribution < 1.29 is 17.4 Å². The van der Waals surface area contributed by atoms with E-state index in [1.807, 2.05) is 54.6 Å². The maximum atomic E-state index is 12.2. The van der Waals surface area contributed by atoms with Crippen LogP contribution in [-0.4, -0.2) is 44.3 Å². The molecule has 1 saturated heterocycles. The summed E-state index contributed by atoms with van der Waals surface area (Å²) < 4.78 is 30.0. The number of carbonyl (C=O) groups excluding carboxylic acids is 1. The van der Waals surface area contributed by atoms with Gasteiger partial charge in [-0.05, 0) is 29.5 Å². The molecule has 6 nitrogen and oxygen atoms in total. The average Bonchev–Trinajstić information content (AvgIpc) is 2.68. The Bertz CT molecular complexity index is 898. The van der Waals surface area contributed by atoms with Gasteiger partial charge in [-0.1, -0.05) is 61.5 Å². The first-order valence-corrected chi connectivity index (χ1v) is 11.1. The third-order valence-electron chi connectivity index (χ3n) is 5.04. The van der Waals surface area contributed by atoms with Gasteiger partial charge in [0.05, 0.1) is 12.3 Å². The highest BCUT2D eigenvalue weighted by molar-refractivity contribution is 7.86. The van der Waals surface area contributed by atoms with Crippen LogP contribution < -0.4 is 5.73 Å². The SMILES string of the molecule is CCCS(=O)(=O)OC1CN(C(N)=O)CCC1c1ccc(-c2ccccc2)cc1. The monoisotopic (exact) mass is 402 g/mol. The molecule has 1 heterocycles. The highest BCUT2D eigenvalue weighted by Gasteiger charge is 2.35. The molecule has 0 aromatic heterocycles. The lowest BCUT2D eigenvalue weighted by Gasteiger charge is -2.37. The van der Waals surface area contributed by atoms with Gasteiger partial charge in [-0.15, -0.1) is 0 Å². The fraction of sp³-hybridized carbons (Fsp3) is 0.381. The maximum absolute atomic E-state index is 12.2. The normalized spacial score (nSPS) is 20.1. The molecular weight excluding hydrogens is 376 g/mol. The maximum Gasteiger partial charge on any atom is 0.314 e. The van der Waals surface area contributed by atoms with Gasteiger partial charge in [0.15, 0.2) is 0 Å². The highest BCUT2D eigenvalue weighted by atomic mass is 32.2. The number of amides is 2. The molecule has 0 bridgehead atoms. The number of nitrogens with two attached hydrogens (primary N) is 1. The smallest absolute Gasteiger partial charge is 0.314 e. The van der Waals surface area contributed by atoms with E-state index < -0.39 is 22.3 Å². The zero-order valence-corrected chi connectivity index (χ0v) is 16.8. The molecule has 1 aliphatic rings. The molecule has 0 spiro atoms. The molecule has 2 N–H and O–H groups in total. The minimum Gasteiger partial charge on any atom is -0.351 e. The Kier molecular flexibility index (Phi) is 6.36. The van der Waals surface area contributed by atoms with Gasteiger partial charge in [0.2, 0.25) is 0 Å². The molecule has 1 fully saturated rings. The lowest BCUT2D eigenvalue weighted by molar-refractivity contribution is 0.0905. The van der Waals surface area contributed by atoms with E-state index in [2.05, 4.69) is 0 Å². The molecular formula is C21H26N2O4S. The van der Waals surface area contributed by atoms with E-state index in [1.165, 1.54) is 4.90 Å². The molecule has 2 amide bonds. The van der Waals surface area contributed by atoms with E-state index in [0.29, 0.717) is 19.4 Å². The van der Waals surface area contributed by atoms with Gasteiger partial charge in [0.25, 0.3) is 10.1 Å². The molecule has 0 radical (unpaired) electrons. The first-order chi connectivity index (χ1) is 13.4. The number of primary amides is 1. The summed E-state index contributed by atoms with van der Waals surface area (Å²) in [7, 11) is -3.65. The number of hydrogen-bond donors (Lipinski definition) is 1. The Hall–Kier alpha value is -2.38. The molecule has 3 rings (SSSR count). The molecule has 1 aliphatic heterocycles. The lowest BCUT2D eigenvalue weighted by atomic mass is 9.86. The first kappa shape index (κ1) is 20.4. The van der Waals surface area contributed by atoms with Crippen LogP contribution in [0.25, 0.3) is 11.1 Å². The number of benzene rings is 2. The Labute approximate surface area is 166 Å². The molecule has 2 atom stereocenters. The molecule has 2 unspecified atom stereocenters. The van der Waals surface area contributed by atoms with Crippen LogP contribution in [0.3, 0.4) is 0 Å². The summed E-state index contributed by atoms with van der Waals surface area (Å²) in [4.78, 5) is 13.0. The van der Waals surface area contributed by atoms with Crippen molar-refractivity contribution in [2.24, 2.45) is 5.73 Å². The number of rotatable bonds is 6. The molecule has 0 aliphatic carbocycles. The second-order valence-electron chi connectivity index (χ2n) is 7.06. The van der Waals surface area contributed by atoms with Crippen molar-refractivity contribution in [2.45, 2.75) is 31.8 Å². The number of hydrogen-bond acceptors (Lipinski definition) is 4. The lowest BCUT2D eigenvalue weighted by Crippen LogP contribution is -2.49. The Morgan fingerprint density at radius 2 is 1.75 bits per heavy atom. The summed E-state index contributed by atoms with van der Waals surface area (Å²) in [5, 5.41) is 0. The molecule has 150 valence electrons. The van der Waals surface area contributed by atoms with Crippen molar-refractivity contribution >= 4 is 16.1 Å². The van der Waals surface area contributed by atoms with E-state index in [-0.39, 0.29) is 18.2 Å². The van der Waals surface area contributed by atoms with Crippen LogP contribution in [0.15, 0.2) is 54.6 Å². The van der Waals surface area contributed by atoms with Crippen molar-refractivity contribution in [2.75, 3.05) is 18.8 Å². The molecule has 2 aromatic carbocycles. The Morgan fingerprint density at radius 1 is 1.11 bits per heavy atom. The average molecular weight is 403 g/mol. The van der Waals surface area contributed by atoms with Crippen LogP contribution in [0.1, 0.15) is 31.2 Å². The van der Waals surface area contributed by atoms with Crippen molar-refractivity contribution in [3.05, 3.63) is 60.2 Å². The van der Waals surface area contributed by atoms with Crippen molar-refractivity contribution in [1.29, 1.82) is 0 Å². The second-order valence-corrected chi connectivity index (χ2v) is 8.78. The van der Waals surface area contributed by atoms with E-state index >= 15 is 0 Å². The van der Waals surface area contributed by atoms with E-state index in [9.17, 15) is 13.2 Å². The summed E-state index contributed by atoms with van der Waals surface area (Å²) in [5.41, 5.74) is 8.62. The van der Waals surface area contributed by atoms with Crippen LogP contribution in [0.5, 0.6) is 0 Å². The quantitative estimate of drug-likeness (QED) is 0.751. The van der Waals surface area contributed by atoms with Crippen LogP contribution in [-0.2, 0) is 14.3 Å². The van der Waals surface area contributed by atoms with Gasteiger partial charge in [-0.3, -0.25) is 4.18 Å². The van der Waals surface area contributed by atoms with E-state index in [1.54, 1.807) is 6.92 Å². The summed E-state index contributed by atoms with van der Waals surface area (Å²) in [6, 6.07) is 17.6. The van der Waals surface area contributed by atoms with Gasteiger partial charge in [0.1, 0.15) is 6.10 Å². The zero-order chi connectivity index (χ0) is 20.1. The molecule has 0 saturated carbocycles. The minimum absolute atomic E-state index is 0.0419. The molecule has 28 heavy (non-hydrogen) atoms. The molecule has 2 aromatic rings.